The summed E-state index contributed by atoms with van der Waals surface area (Å²) in [5.41, 5.74) is -0.0104. The van der Waals surface area contributed by atoms with Crippen LogP contribution in [0, 0.1) is 0 Å². The summed E-state index contributed by atoms with van der Waals surface area (Å²) in [5.74, 6) is 0.0386. The molecular weight excluding hydrogens is 368 g/mol. The Morgan fingerprint density at radius 1 is 1.34 bits per heavy atom. The number of carbonyl (C=O) groups is 2. The highest BCUT2D eigenvalue weighted by molar-refractivity contribution is 5.92. The maximum atomic E-state index is 12.9. The van der Waals surface area contributed by atoms with Crippen molar-refractivity contribution in [2.75, 3.05) is 27.2 Å². The number of nitrogens with zero attached hydrogens (tertiary/aromatic N) is 3. The second-order valence-corrected chi connectivity index (χ2v) is 9.50. The van der Waals surface area contributed by atoms with Crippen molar-refractivity contribution in [3.05, 3.63) is 30.1 Å². The molecule has 0 aromatic carbocycles. The molecule has 2 bridgehead atoms. The molecule has 3 saturated heterocycles. The van der Waals surface area contributed by atoms with Gasteiger partial charge in [-0.25, -0.2) is 0 Å². The van der Waals surface area contributed by atoms with Gasteiger partial charge in [-0.1, -0.05) is 6.92 Å². The van der Waals surface area contributed by atoms with Gasteiger partial charge in [0.25, 0.3) is 0 Å². The molecule has 1 spiro atoms. The Morgan fingerprint density at radius 3 is 2.59 bits per heavy atom. The van der Waals surface area contributed by atoms with Gasteiger partial charge in [0.2, 0.25) is 11.8 Å². The van der Waals surface area contributed by atoms with E-state index in [0.29, 0.717) is 13.1 Å². The number of hydrogen-bond donors (Lipinski definition) is 1. The van der Waals surface area contributed by atoms with Crippen molar-refractivity contribution in [3.8, 4) is 0 Å². The molecular formula is C22H32N4O3. The highest BCUT2D eigenvalue weighted by Gasteiger charge is 2.77. The van der Waals surface area contributed by atoms with Gasteiger partial charge in [0.05, 0.1) is 30.3 Å². The summed E-state index contributed by atoms with van der Waals surface area (Å²) in [5, 5.41) is 3.33. The number of carbonyl (C=O) groups excluding carboxylic acids is 2. The number of aryl methyl sites for hydroxylation is 1. The Morgan fingerprint density at radius 2 is 2.03 bits per heavy atom. The lowest BCUT2D eigenvalue weighted by Crippen LogP contribution is -2.77. The molecule has 1 aliphatic carbocycles. The van der Waals surface area contributed by atoms with Crippen LogP contribution in [0.5, 0.6) is 0 Å². The third kappa shape index (κ3) is 3.20. The maximum Gasteiger partial charge on any atom is 0.246 e. The molecule has 1 atom stereocenters. The summed E-state index contributed by atoms with van der Waals surface area (Å²) in [7, 11) is 5.82. The van der Waals surface area contributed by atoms with E-state index in [2.05, 4.69) is 12.2 Å². The Kier molecular flexibility index (Phi) is 4.66. The van der Waals surface area contributed by atoms with Crippen molar-refractivity contribution in [2.24, 2.45) is 7.05 Å². The molecule has 158 valence electrons. The van der Waals surface area contributed by atoms with Crippen LogP contribution in [0.2, 0.25) is 0 Å². The van der Waals surface area contributed by atoms with Crippen LogP contribution in [0.1, 0.15) is 38.7 Å². The molecule has 0 radical (unpaired) electrons. The molecule has 4 heterocycles. The van der Waals surface area contributed by atoms with E-state index in [1.54, 1.807) is 11.0 Å². The number of hydrogen-bond acceptors (Lipinski definition) is 4. The minimum atomic E-state index is -0.460. The van der Waals surface area contributed by atoms with Gasteiger partial charge in [0.15, 0.2) is 0 Å². The Labute approximate surface area is 172 Å². The zero-order valence-electron chi connectivity index (χ0n) is 18.1. The van der Waals surface area contributed by atoms with Gasteiger partial charge in [-0.3, -0.25) is 14.5 Å². The van der Waals surface area contributed by atoms with E-state index in [0.717, 1.165) is 24.8 Å². The summed E-state index contributed by atoms with van der Waals surface area (Å²) in [4.78, 5) is 29.3. The van der Waals surface area contributed by atoms with Crippen LogP contribution in [0.25, 0.3) is 6.08 Å². The Balaban J connectivity index is 1.42. The molecule has 29 heavy (non-hydrogen) atoms. The first-order chi connectivity index (χ1) is 13.6. The van der Waals surface area contributed by atoms with E-state index in [4.69, 9.17) is 4.74 Å². The normalized spacial score (nSPS) is 30.5. The number of likely N-dealkylation sites (tertiary alicyclic amines) is 1. The van der Waals surface area contributed by atoms with Gasteiger partial charge in [0, 0.05) is 38.4 Å². The number of likely N-dealkylation sites (N-methyl/N-ethyl adjacent to an activating group) is 1. The number of amides is 2. The molecule has 3 aliphatic heterocycles. The van der Waals surface area contributed by atoms with E-state index in [-0.39, 0.29) is 29.0 Å². The van der Waals surface area contributed by atoms with Gasteiger partial charge in [-0.05, 0) is 45.1 Å². The largest absolute Gasteiger partial charge is 0.362 e. The fraction of sp³-hybridized carbons (Fsp3) is 0.636. The molecule has 1 aromatic rings. The molecule has 4 aliphatic rings. The monoisotopic (exact) mass is 400 g/mol. The molecule has 1 aromatic heterocycles. The van der Waals surface area contributed by atoms with Crippen molar-refractivity contribution < 1.29 is 14.3 Å². The van der Waals surface area contributed by atoms with Crippen LogP contribution < -0.4 is 5.32 Å². The first-order valence-electron chi connectivity index (χ1n) is 10.4. The predicted octanol–water partition coefficient (Wildman–Crippen LogP) is 1.40. The van der Waals surface area contributed by atoms with E-state index in [9.17, 15) is 9.59 Å². The molecule has 1 unspecified atom stereocenters. The number of rotatable bonds is 6. The summed E-state index contributed by atoms with van der Waals surface area (Å²) in [6, 6.07) is 1.82. The van der Waals surface area contributed by atoms with Crippen LogP contribution in [0.3, 0.4) is 0 Å². The molecule has 7 heteroatoms. The molecule has 2 amide bonds. The smallest absolute Gasteiger partial charge is 0.246 e. The third-order valence-corrected chi connectivity index (χ3v) is 6.82. The fourth-order valence-corrected chi connectivity index (χ4v) is 5.48. The molecule has 1 saturated carbocycles. The standard InChI is InChI=1S/C22H32N4O3/c1-6-17(24(3)4)19(28)23-21-12-20(2,13-21)29-22(21)14-26(15-22)18(27)8-7-16-9-10-25(5)11-16/h7-11,17H,6,12-15H2,1-5H3,(H,23,28)/b8-7+. The lowest BCUT2D eigenvalue weighted by atomic mass is 9.60. The topological polar surface area (TPSA) is 66.8 Å². The van der Waals surface area contributed by atoms with E-state index in [1.807, 2.05) is 62.1 Å². The van der Waals surface area contributed by atoms with Crippen molar-refractivity contribution in [1.82, 2.24) is 19.7 Å². The van der Waals surface area contributed by atoms with E-state index < -0.39 is 5.60 Å². The maximum absolute atomic E-state index is 12.9. The summed E-state index contributed by atoms with van der Waals surface area (Å²) in [6.45, 7) is 5.19. The number of aromatic nitrogens is 1. The van der Waals surface area contributed by atoms with Gasteiger partial charge in [-0.2, -0.15) is 0 Å². The lowest BCUT2D eigenvalue weighted by Gasteiger charge is -2.55. The summed E-state index contributed by atoms with van der Waals surface area (Å²) < 4.78 is 8.37. The molecule has 4 fully saturated rings. The van der Waals surface area contributed by atoms with Gasteiger partial charge < -0.3 is 19.5 Å². The second-order valence-electron chi connectivity index (χ2n) is 9.50. The first-order valence-corrected chi connectivity index (χ1v) is 10.4. The molecule has 7 nitrogen and oxygen atoms in total. The average molecular weight is 401 g/mol. The zero-order chi connectivity index (χ0) is 21.0. The lowest BCUT2D eigenvalue weighted by molar-refractivity contribution is -0.164. The van der Waals surface area contributed by atoms with Gasteiger partial charge >= 0.3 is 0 Å². The SMILES string of the molecule is CCC(C(=O)NC12CC(C)(C1)OC21CN(C(=O)/C=C/c2ccn(C)c2)C1)N(C)C. The van der Waals surface area contributed by atoms with Gasteiger partial charge in [0.1, 0.15) is 5.60 Å². The van der Waals surface area contributed by atoms with Crippen LogP contribution in [-0.2, 0) is 21.4 Å². The predicted molar refractivity (Wildman–Crippen MR) is 111 cm³/mol. The fourth-order valence-electron chi connectivity index (χ4n) is 5.48. The summed E-state index contributed by atoms with van der Waals surface area (Å²) in [6.07, 6.45) is 9.77. The Bertz CT molecular complexity index is 844. The van der Waals surface area contributed by atoms with Crippen molar-refractivity contribution in [1.29, 1.82) is 0 Å². The van der Waals surface area contributed by atoms with Crippen LogP contribution >= 0.6 is 0 Å². The van der Waals surface area contributed by atoms with Crippen LogP contribution in [0.15, 0.2) is 24.5 Å². The van der Waals surface area contributed by atoms with Crippen molar-refractivity contribution in [3.63, 3.8) is 0 Å². The molecule has 5 rings (SSSR count). The minimum absolute atomic E-state index is 0.0152. The van der Waals surface area contributed by atoms with Gasteiger partial charge in [-0.15, -0.1) is 0 Å². The average Bonchev–Trinajstić information content (AvgIpc) is 3.17. The molecule has 1 N–H and O–H groups in total. The minimum Gasteiger partial charge on any atom is -0.362 e. The van der Waals surface area contributed by atoms with Crippen LogP contribution in [-0.4, -0.2) is 76.1 Å². The highest BCUT2D eigenvalue weighted by Crippen LogP contribution is 2.63. The van der Waals surface area contributed by atoms with Crippen molar-refractivity contribution in [2.45, 2.75) is 55.9 Å². The number of nitrogens with one attached hydrogen (secondary N) is 1. The third-order valence-electron chi connectivity index (χ3n) is 6.82. The Hall–Kier alpha value is -2.12. The van der Waals surface area contributed by atoms with E-state index in [1.165, 1.54) is 0 Å². The van der Waals surface area contributed by atoms with E-state index >= 15 is 0 Å². The highest BCUT2D eigenvalue weighted by atomic mass is 16.5. The second kappa shape index (κ2) is 6.71. The zero-order valence-corrected chi connectivity index (χ0v) is 18.1. The quantitative estimate of drug-likeness (QED) is 0.733. The first kappa shape index (κ1) is 20.2. The van der Waals surface area contributed by atoms with Crippen molar-refractivity contribution >= 4 is 17.9 Å². The van der Waals surface area contributed by atoms with Crippen LogP contribution in [0.4, 0.5) is 0 Å². The number of ether oxygens (including phenoxy) is 1. The summed E-state index contributed by atoms with van der Waals surface area (Å²) >= 11 is 0.